The quantitative estimate of drug-likeness (QED) is 0.177. The fraction of sp³-hybridized carbons (Fsp3) is 0.167. The summed E-state index contributed by atoms with van der Waals surface area (Å²) in [4.78, 5) is 9.60. The molecule has 0 unspecified atom stereocenters. The van der Waals surface area contributed by atoms with Crippen molar-refractivity contribution in [2.24, 2.45) is 11.5 Å². The van der Waals surface area contributed by atoms with E-state index in [1.165, 1.54) is 6.92 Å². The number of nitrogens with two attached hydrogens (primary N) is 2. The van der Waals surface area contributed by atoms with Crippen LogP contribution in [0.4, 0.5) is 0 Å². The molecule has 7 nitrogen and oxygen atoms in total. The second kappa shape index (κ2) is 6.65. The van der Waals surface area contributed by atoms with E-state index in [0.29, 0.717) is 0 Å². The van der Waals surface area contributed by atoms with E-state index in [0.717, 1.165) is 0 Å². The minimum Gasteiger partial charge on any atom is -0.478 e. The Morgan fingerprint density at radius 1 is 1.38 bits per heavy atom. The lowest BCUT2D eigenvalue weighted by Crippen LogP contribution is -2.39. The van der Waals surface area contributed by atoms with Gasteiger partial charge in [-0.15, -0.1) is 0 Å². The first-order valence-corrected chi connectivity index (χ1v) is 3.11. The topological polar surface area (TPSA) is 149 Å². The van der Waals surface area contributed by atoms with Crippen molar-refractivity contribution in [3.8, 4) is 0 Å². The van der Waals surface area contributed by atoms with Crippen molar-refractivity contribution in [1.82, 2.24) is 5.32 Å². The maximum absolute atomic E-state index is 9.60. The molecule has 0 heterocycles. The molecule has 0 spiro atoms. The SMILES string of the molecule is C=C(C)C(=O)O.N=C(N)NC(=N)N. The first-order valence-electron chi connectivity index (χ1n) is 3.11. The van der Waals surface area contributed by atoms with Gasteiger partial charge in [0.25, 0.3) is 0 Å². The van der Waals surface area contributed by atoms with Crippen LogP contribution in [0, 0.1) is 10.8 Å². The Balaban J connectivity index is 0. The highest BCUT2D eigenvalue weighted by atomic mass is 16.4. The molecule has 13 heavy (non-hydrogen) atoms. The maximum Gasteiger partial charge on any atom is 0.330 e. The lowest BCUT2D eigenvalue weighted by atomic mass is 10.4. The van der Waals surface area contributed by atoms with E-state index in [1.807, 2.05) is 5.32 Å². The van der Waals surface area contributed by atoms with Crippen molar-refractivity contribution in [2.45, 2.75) is 6.92 Å². The number of carbonyl (C=O) groups is 1. The van der Waals surface area contributed by atoms with E-state index in [-0.39, 0.29) is 17.5 Å². The number of rotatable bonds is 1. The summed E-state index contributed by atoms with van der Waals surface area (Å²) < 4.78 is 0. The van der Waals surface area contributed by atoms with Gasteiger partial charge in [-0.3, -0.25) is 16.1 Å². The zero-order valence-electron chi connectivity index (χ0n) is 7.22. The zero-order chi connectivity index (χ0) is 11.0. The lowest BCUT2D eigenvalue weighted by Gasteiger charge is -1.95. The third-order valence-corrected chi connectivity index (χ3v) is 0.634. The fourth-order valence-electron chi connectivity index (χ4n) is 0.145. The van der Waals surface area contributed by atoms with Crippen molar-refractivity contribution in [2.75, 3.05) is 0 Å². The molecule has 7 heteroatoms. The smallest absolute Gasteiger partial charge is 0.330 e. The van der Waals surface area contributed by atoms with Gasteiger partial charge in [-0.2, -0.15) is 0 Å². The van der Waals surface area contributed by atoms with Crippen LogP contribution in [-0.4, -0.2) is 23.0 Å². The summed E-state index contributed by atoms with van der Waals surface area (Å²) in [6.45, 7) is 4.60. The number of nitrogens with one attached hydrogen (secondary N) is 3. The van der Waals surface area contributed by atoms with Gasteiger partial charge in [-0.25, -0.2) is 4.79 Å². The van der Waals surface area contributed by atoms with Crippen LogP contribution in [-0.2, 0) is 4.79 Å². The van der Waals surface area contributed by atoms with Crippen LogP contribution in [0.5, 0.6) is 0 Å². The van der Waals surface area contributed by atoms with Crippen LogP contribution in [0.1, 0.15) is 6.92 Å². The van der Waals surface area contributed by atoms with Crippen molar-refractivity contribution in [1.29, 1.82) is 10.8 Å². The molecule has 0 radical (unpaired) electrons. The first kappa shape index (κ1) is 13.5. The van der Waals surface area contributed by atoms with Gasteiger partial charge in [-0.05, 0) is 6.92 Å². The van der Waals surface area contributed by atoms with Gasteiger partial charge in [0.15, 0.2) is 11.9 Å². The molecule has 0 atom stereocenters. The van der Waals surface area contributed by atoms with E-state index in [2.05, 4.69) is 6.58 Å². The van der Waals surface area contributed by atoms with Crippen LogP contribution in [0.15, 0.2) is 12.2 Å². The third kappa shape index (κ3) is 17.8. The largest absolute Gasteiger partial charge is 0.478 e. The minimum absolute atomic E-state index is 0.176. The first-order chi connectivity index (χ1) is 5.77. The third-order valence-electron chi connectivity index (χ3n) is 0.634. The normalized spacial score (nSPS) is 7.46. The molecule has 74 valence electrons. The molecule has 0 rings (SSSR count). The van der Waals surface area contributed by atoms with Crippen molar-refractivity contribution < 1.29 is 9.90 Å². The van der Waals surface area contributed by atoms with Gasteiger partial charge in [0.05, 0.1) is 0 Å². The van der Waals surface area contributed by atoms with Crippen LogP contribution in [0.2, 0.25) is 0 Å². The summed E-state index contributed by atoms with van der Waals surface area (Å²) in [6, 6.07) is 0. The lowest BCUT2D eigenvalue weighted by molar-refractivity contribution is -0.132. The van der Waals surface area contributed by atoms with Crippen LogP contribution in [0.3, 0.4) is 0 Å². The Morgan fingerprint density at radius 2 is 1.62 bits per heavy atom. The van der Waals surface area contributed by atoms with Crippen LogP contribution < -0.4 is 16.8 Å². The minimum atomic E-state index is -0.935. The second-order valence-corrected chi connectivity index (χ2v) is 2.04. The molecular formula is C6H13N5O2. The second-order valence-electron chi connectivity index (χ2n) is 2.04. The van der Waals surface area contributed by atoms with Crippen molar-refractivity contribution in [3.63, 3.8) is 0 Å². The highest BCUT2D eigenvalue weighted by Crippen LogP contribution is 1.81. The predicted molar refractivity (Wildman–Crippen MR) is 49.4 cm³/mol. The number of hydrogen-bond donors (Lipinski definition) is 6. The van der Waals surface area contributed by atoms with Gasteiger partial charge in [0.1, 0.15) is 0 Å². The molecule has 8 N–H and O–H groups in total. The van der Waals surface area contributed by atoms with Crippen molar-refractivity contribution in [3.05, 3.63) is 12.2 Å². The van der Waals surface area contributed by atoms with Gasteiger partial charge in [0, 0.05) is 5.57 Å². The number of hydrogen-bond acceptors (Lipinski definition) is 3. The van der Waals surface area contributed by atoms with E-state index >= 15 is 0 Å². The van der Waals surface area contributed by atoms with E-state index in [1.54, 1.807) is 0 Å². The monoisotopic (exact) mass is 187 g/mol. The highest BCUT2D eigenvalue weighted by Gasteiger charge is 1.90. The summed E-state index contributed by atoms with van der Waals surface area (Å²) in [5.74, 6) is -1.56. The molecule has 0 amide bonds. The molecule has 0 aromatic rings. The molecule has 0 saturated carbocycles. The van der Waals surface area contributed by atoms with E-state index < -0.39 is 5.97 Å². The molecule has 0 aliphatic heterocycles. The standard InChI is InChI=1S/C4H6O2.C2H7N5/c1-3(2)4(5)6;3-1(4)7-2(5)6/h1H2,2H3,(H,5,6);(H7,3,4,5,6,7). The summed E-state index contributed by atoms with van der Waals surface area (Å²) >= 11 is 0. The average Bonchev–Trinajstić information content (AvgIpc) is 1.84. The zero-order valence-corrected chi connectivity index (χ0v) is 7.22. The molecule has 0 aliphatic rings. The van der Waals surface area contributed by atoms with E-state index in [9.17, 15) is 4.79 Å². The van der Waals surface area contributed by atoms with Gasteiger partial charge >= 0.3 is 5.97 Å². The fourth-order valence-corrected chi connectivity index (χ4v) is 0.145. The van der Waals surface area contributed by atoms with Gasteiger partial charge in [-0.1, -0.05) is 6.58 Å². The molecule has 0 bridgehead atoms. The Labute approximate surface area is 75.4 Å². The Bertz CT molecular complexity index is 211. The Hall–Kier alpha value is -2.05. The highest BCUT2D eigenvalue weighted by molar-refractivity contribution is 5.93. The number of carboxylic acid groups (broad SMARTS) is 1. The molecule has 0 aliphatic carbocycles. The summed E-state index contributed by atoms with van der Waals surface area (Å²) in [5, 5.41) is 22.9. The molecular weight excluding hydrogens is 174 g/mol. The van der Waals surface area contributed by atoms with Crippen molar-refractivity contribution >= 4 is 17.9 Å². The number of aliphatic carboxylic acids is 1. The molecule has 0 aromatic heterocycles. The summed E-state index contributed by atoms with van der Waals surface area (Å²) in [6.07, 6.45) is 0. The van der Waals surface area contributed by atoms with E-state index in [4.69, 9.17) is 27.4 Å². The van der Waals surface area contributed by atoms with Crippen LogP contribution in [0.25, 0.3) is 0 Å². The summed E-state index contributed by atoms with van der Waals surface area (Å²) in [5.41, 5.74) is 9.67. The van der Waals surface area contributed by atoms with Gasteiger partial charge in [0.2, 0.25) is 0 Å². The Morgan fingerprint density at radius 3 is 1.62 bits per heavy atom. The Kier molecular flexibility index (Phi) is 6.92. The summed E-state index contributed by atoms with van der Waals surface area (Å²) in [7, 11) is 0. The molecule has 0 aromatic carbocycles. The maximum atomic E-state index is 9.60. The molecule has 0 fully saturated rings. The number of guanidine groups is 2. The molecule has 0 saturated heterocycles. The van der Waals surface area contributed by atoms with Crippen LogP contribution >= 0.6 is 0 Å². The number of carboxylic acids is 1. The average molecular weight is 187 g/mol. The predicted octanol–water partition coefficient (Wildman–Crippen LogP) is -0.990. The van der Waals surface area contributed by atoms with Gasteiger partial charge < -0.3 is 16.6 Å².